The van der Waals surface area contributed by atoms with Gasteiger partial charge >= 0.3 is 23.9 Å². The summed E-state index contributed by atoms with van der Waals surface area (Å²) in [5, 5.41) is 22.3. The second-order valence-electron chi connectivity index (χ2n) is 17.1. The van der Waals surface area contributed by atoms with Gasteiger partial charge in [-0.2, -0.15) is 0 Å². The maximum Gasteiger partial charge on any atom is 0.306 e. The van der Waals surface area contributed by atoms with Gasteiger partial charge < -0.3 is 37.4 Å². The molecule has 0 fully saturated rings. The van der Waals surface area contributed by atoms with Gasteiger partial charge in [-0.25, -0.2) is 0 Å². The fourth-order valence-electron chi connectivity index (χ4n) is 6.54. The number of carbonyl (C=O) groups is 4. The van der Waals surface area contributed by atoms with Crippen LogP contribution in [0.1, 0.15) is 140 Å². The number of unbranched alkanes of at least 4 members (excludes halogenated alkanes) is 14. The summed E-state index contributed by atoms with van der Waals surface area (Å²) < 4.78 is 44.1. The molecule has 0 N–H and O–H groups in total. The number of hydrogen-bond acceptors (Lipinski definition) is 16. The number of nitrogens with zero attached hydrogens (tertiary/aromatic N) is 3. The fourth-order valence-corrected chi connectivity index (χ4v) is 7.27. The molecule has 0 amide bonds. The van der Waals surface area contributed by atoms with Gasteiger partial charge in [-0.05, 0) is 37.8 Å². The van der Waals surface area contributed by atoms with E-state index >= 15 is 0 Å². The summed E-state index contributed by atoms with van der Waals surface area (Å²) in [7, 11) is 0.911. The van der Waals surface area contributed by atoms with Crippen molar-refractivity contribution in [3.8, 4) is 0 Å². The summed E-state index contributed by atoms with van der Waals surface area (Å²) in [6.07, 6.45) is 12.6. The fraction of sp³-hybridized carbons (Fsp3) is 0.652. The van der Waals surface area contributed by atoms with E-state index in [1.165, 1.54) is 12.1 Å². The molecule has 0 radical (unpaired) electrons. The van der Waals surface area contributed by atoms with Crippen molar-refractivity contribution in [3.63, 3.8) is 0 Å². The number of rotatable bonds is 38. The summed E-state index contributed by atoms with van der Waals surface area (Å²) in [5.74, 6) is -1.88. The maximum absolute atomic E-state index is 12.7. The number of benzene rings is 2. The first-order valence-corrected chi connectivity index (χ1v) is 24.4. The molecule has 370 valence electrons. The van der Waals surface area contributed by atoms with Crippen LogP contribution in [0.25, 0.3) is 0 Å². The van der Waals surface area contributed by atoms with Crippen molar-refractivity contribution >= 4 is 43.1 Å². The summed E-state index contributed by atoms with van der Waals surface area (Å²) in [6, 6.07) is 12.3. The zero-order chi connectivity index (χ0) is 48.6. The highest BCUT2D eigenvalue weighted by Crippen LogP contribution is 2.38. The van der Waals surface area contributed by atoms with Gasteiger partial charge in [0, 0.05) is 37.8 Å². The predicted octanol–water partition coefficient (Wildman–Crippen LogP) is 8.75. The van der Waals surface area contributed by atoms with Gasteiger partial charge in [0.15, 0.2) is 6.10 Å². The van der Waals surface area contributed by atoms with Gasteiger partial charge in [0.05, 0.1) is 48.7 Å². The van der Waals surface area contributed by atoms with E-state index in [0.29, 0.717) is 47.8 Å². The normalized spacial score (nSPS) is 12.7. The highest BCUT2D eigenvalue weighted by molar-refractivity contribution is 7.45. The van der Waals surface area contributed by atoms with Crippen LogP contribution in [0.2, 0.25) is 0 Å². The average molecular weight is 952 g/mol. The van der Waals surface area contributed by atoms with Gasteiger partial charge in [0.2, 0.25) is 0 Å². The third-order valence-electron chi connectivity index (χ3n) is 10.3. The first kappa shape index (κ1) is 57.3. The van der Waals surface area contributed by atoms with E-state index in [-0.39, 0.29) is 63.5 Å². The molecule has 2 aromatic carbocycles. The van der Waals surface area contributed by atoms with Gasteiger partial charge in [-0.1, -0.05) is 101 Å². The molecular weight excluding hydrogens is 881 g/mol. The zero-order valence-corrected chi connectivity index (χ0v) is 39.8. The van der Waals surface area contributed by atoms with Crippen molar-refractivity contribution in [3.05, 3.63) is 79.9 Å². The minimum Gasteiger partial charge on any atom is -0.756 e. The third-order valence-corrected chi connectivity index (χ3v) is 11.3. The minimum absolute atomic E-state index is 0.0825. The number of para-hydroxylation sites is 2. The number of nitro groups is 2. The summed E-state index contributed by atoms with van der Waals surface area (Å²) in [4.78, 5) is 83.1. The Morgan fingerprint density at radius 3 is 1.30 bits per heavy atom. The lowest BCUT2D eigenvalue weighted by Crippen LogP contribution is -2.37. The first-order chi connectivity index (χ1) is 31.5. The molecule has 0 aliphatic heterocycles. The second-order valence-corrected chi connectivity index (χ2v) is 18.5. The van der Waals surface area contributed by atoms with E-state index in [9.17, 15) is 48.9 Å². The quantitative estimate of drug-likeness (QED) is 0.0116. The maximum atomic E-state index is 12.7. The standard InChI is InChI=1S/C46H70N3O16P/c1-49(2,3)32-33-63-66(58,59)64-37-40(65-46(53)31-19-15-11-7-6-9-13-17-29-44(51)61-35-39-25-21-23-27-42(39)48(56)57)36-62-45(52)30-18-14-10-5-4-8-12-16-28-43(50)60-34-38-24-20-22-26-41(38)47(54)55/h20-27,40H,4-19,28-37H2,1-3H3/t40-/m1/s1. The molecule has 2 aromatic rings. The molecule has 0 aliphatic rings. The molecule has 0 bridgehead atoms. The topological polar surface area (TPSA) is 250 Å². The van der Waals surface area contributed by atoms with Gasteiger partial charge in [0.25, 0.3) is 19.2 Å². The lowest BCUT2D eigenvalue weighted by atomic mass is 10.1. The molecule has 66 heavy (non-hydrogen) atoms. The van der Waals surface area contributed by atoms with Gasteiger partial charge in [0.1, 0.15) is 33.0 Å². The number of nitro benzene ring substituents is 2. The molecule has 19 nitrogen and oxygen atoms in total. The van der Waals surface area contributed by atoms with Crippen LogP contribution in [-0.2, 0) is 65.0 Å². The Morgan fingerprint density at radius 1 is 0.545 bits per heavy atom. The van der Waals surface area contributed by atoms with E-state index in [2.05, 4.69) is 0 Å². The average Bonchev–Trinajstić information content (AvgIpc) is 3.26. The van der Waals surface area contributed by atoms with Crippen molar-refractivity contribution in [2.45, 2.75) is 148 Å². The number of carbonyl (C=O) groups excluding carboxylic acids is 4. The van der Waals surface area contributed by atoms with Crippen LogP contribution in [-0.4, -0.2) is 91.8 Å². The van der Waals surface area contributed by atoms with Crippen molar-refractivity contribution in [2.24, 2.45) is 0 Å². The second kappa shape index (κ2) is 32.8. The highest BCUT2D eigenvalue weighted by Gasteiger charge is 2.22. The Morgan fingerprint density at radius 2 is 0.909 bits per heavy atom. The Balaban J connectivity index is 1.60. The Hall–Kier alpha value is -4.81. The molecule has 0 heterocycles. The predicted molar refractivity (Wildman–Crippen MR) is 241 cm³/mol. The molecule has 2 atom stereocenters. The largest absolute Gasteiger partial charge is 0.756 e. The van der Waals surface area contributed by atoms with Crippen LogP contribution < -0.4 is 4.89 Å². The SMILES string of the molecule is C[N+](C)(C)CCOP(=O)([O-])OC[C@@H](COC(=O)CCCCCCCCCCC(=O)OCc1ccccc1[N+](=O)[O-])OC(=O)CCCCCCCCCCC(=O)OCc1ccccc1[N+](=O)[O-]. The van der Waals surface area contributed by atoms with Crippen molar-refractivity contribution < 1.29 is 71.0 Å². The number of hydrogen-bond donors (Lipinski definition) is 0. The lowest BCUT2D eigenvalue weighted by molar-refractivity contribution is -0.870. The summed E-state index contributed by atoms with van der Waals surface area (Å²) >= 11 is 0. The summed E-state index contributed by atoms with van der Waals surface area (Å²) in [5.41, 5.74) is 0.528. The van der Waals surface area contributed by atoms with Crippen LogP contribution in [0.4, 0.5) is 11.4 Å². The van der Waals surface area contributed by atoms with Crippen LogP contribution in [0.15, 0.2) is 48.5 Å². The Labute approximate surface area is 388 Å². The number of esters is 4. The molecule has 0 saturated heterocycles. The van der Waals surface area contributed by atoms with E-state index < -0.39 is 54.3 Å². The van der Waals surface area contributed by atoms with Gasteiger partial charge in [-0.15, -0.1) is 0 Å². The molecule has 2 rings (SSSR count). The molecule has 0 aliphatic carbocycles. The van der Waals surface area contributed by atoms with Gasteiger partial charge in [-0.3, -0.25) is 44.0 Å². The number of ether oxygens (including phenoxy) is 4. The molecule has 1 unspecified atom stereocenters. The first-order valence-electron chi connectivity index (χ1n) is 23.0. The van der Waals surface area contributed by atoms with Crippen LogP contribution >= 0.6 is 7.82 Å². The molecule has 0 saturated carbocycles. The van der Waals surface area contributed by atoms with Crippen LogP contribution in [0, 0.1) is 20.2 Å². The van der Waals surface area contributed by atoms with E-state index in [4.69, 9.17) is 28.0 Å². The molecular formula is C46H70N3O16P. The Bertz CT molecular complexity index is 1840. The number of quaternary nitrogens is 1. The number of phosphoric ester groups is 1. The molecule has 0 spiro atoms. The molecule has 0 aromatic heterocycles. The zero-order valence-electron chi connectivity index (χ0n) is 38.9. The Kier molecular flexibility index (Phi) is 28.5. The third kappa shape index (κ3) is 28.3. The summed E-state index contributed by atoms with van der Waals surface area (Å²) in [6.45, 7) is -0.935. The van der Waals surface area contributed by atoms with E-state index in [1.54, 1.807) is 36.4 Å². The number of phosphoric acid groups is 1. The highest BCUT2D eigenvalue weighted by atomic mass is 31.2. The van der Waals surface area contributed by atoms with Crippen molar-refractivity contribution in [1.82, 2.24) is 0 Å². The minimum atomic E-state index is -4.73. The smallest absolute Gasteiger partial charge is 0.306 e. The van der Waals surface area contributed by atoms with E-state index in [1.807, 2.05) is 21.1 Å². The van der Waals surface area contributed by atoms with Crippen LogP contribution in [0.3, 0.4) is 0 Å². The van der Waals surface area contributed by atoms with Crippen molar-refractivity contribution in [2.75, 3.05) is 47.5 Å². The lowest BCUT2D eigenvalue weighted by Gasteiger charge is -2.28. The van der Waals surface area contributed by atoms with Crippen molar-refractivity contribution in [1.29, 1.82) is 0 Å². The number of likely N-dealkylation sites (N-methyl/N-ethyl adjacent to an activating group) is 1. The van der Waals surface area contributed by atoms with Crippen LogP contribution in [0.5, 0.6) is 0 Å². The monoisotopic (exact) mass is 951 g/mol. The molecule has 20 heteroatoms. The van der Waals surface area contributed by atoms with E-state index in [0.717, 1.165) is 77.0 Å².